The molecule has 0 aliphatic carbocycles. The van der Waals surface area contributed by atoms with E-state index in [0.717, 1.165) is 28.5 Å². The van der Waals surface area contributed by atoms with Crippen LogP contribution in [0.15, 0.2) is 5.38 Å². The number of carbonyl (C=O) groups is 1. The third kappa shape index (κ3) is 2.26. The molecule has 0 aromatic carbocycles. The van der Waals surface area contributed by atoms with E-state index in [1.54, 1.807) is 11.3 Å². The first-order valence-electron chi connectivity index (χ1n) is 7.14. The van der Waals surface area contributed by atoms with Crippen molar-refractivity contribution in [3.63, 3.8) is 0 Å². The van der Waals surface area contributed by atoms with Crippen molar-refractivity contribution >= 4 is 22.3 Å². The standard InChI is InChI=1S/C15H20N2O3S/c1-14(2)11-12(15(3,4)20-14)17-9(6-5-7-10(18)19)8-21-13(17)16-11/h8H,5-7H2,1-4H3,(H,18,19). The highest BCUT2D eigenvalue weighted by molar-refractivity contribution is 7.15. The van der Waals surface area contributed by atoms with Crippen LogP contribution in [0.3, 0.4) is 0 Å². The molecule has 114 valence electrons. The Morgan fingerprint density at radius 1 is 1.38 bits per heavy atom. The smallest absolute Gasteiger partial charge is 0.303 e. The number of imidazole rings is 1. The van der Waals surface area contributed by atoms with Crippen LogP contribution >= 0.6 is 11.3 Å². The van der Waals surface area contributed by atoms with Crippen LogP contribution in [0.2, 0.25) is 0 Å². The molecule has 0 fully saturated rings. The Hall–Kier alpha value is -1.40. The topological polar surface area (TPSA) is 63.8 Å². The highest BCUT2D eigenvalue weighted by atomic mass is 32.1. The lowest BCUT2D eigenvalue weighted by molar-refractivity contribution is -0.137. The molecular formula is C15H20N2O3S. The van der Waals surface area contributed by atoms with Gasteiger partial charge >= 0.3 is 5.97 Å². The van der Waals surface area contributed by atoms with Crippen molar-refractivity contribution in [3.8, 4) is 0 Å². The molecule has 3 heterocycles. The van der Waals surface area contributed by atoms with E-state index < -0.39 is 5.97 Å². The molecular weight excluding hydrogens is 288 g/mol. The van der Waals surface area contributed by atoms with Gasteiger partial charge in [-0.1, -0.05) is 0 Å². The van der Waals surface area contributed by atoms with Crippen LogP contribution in [-0.4, -0.2) is 20.5 Å². The number of fused-ring (bicyclic) bond motifs is 3. The van der Waals surface area contributed by atoms with Crippen molar-refractivity contribution in [2.45, 2.75) is 58.2 Å². The molecule has 0 bridgehead atoms. The average Bonchev–Trinajstić information content (AvgIpc) is 2.90. The Morgan fingerprint density at radius 2 is 2.10 bits per heavy atom. The third-order valence-corrected chi connectivity index (χ3v) is 4.78. The van der Waals surface area contributed by atoms with Gasteiger partial charge < -0.3 is 9.84 Å². The van der Waals surface area contributed by atoms with E-state index >= 15 is 0 Å². The van der Waals surface area contributed by atoms with Gasteiger partial charge in [0.25, 0.3) is 0 Å². The zero-order valence-corrected chi connectivity index (χ0v) is 13.6. The Kier molecular flexibility index (Phi) is 3.15. The molecule has 6 heteroatoms. The van der Waals surface area contributed by atoms with Crippen LogP contribution in [0.5, 0.6) is 0 Å². The number of thiazole rings is 1. The normalized spacial score (nSPS) is 19.0. The van der Waals surface area contributed by atoms with E-state index in [0.29, 0.717) is 6.42 Å². The molecule has 0 saturated carbocycles. The summed E-state index contributed by atoms with van der Waals surface area (Å²) in [5, 5.41) is 10.9. The molecule has 2 aromatic rings. The van der Waals surface area contributed by atoms with Crippen LogP contribution < -0.4 is 0 Å². The van der Waals surface area contributed by atoms with Gasteiger partial charge in [0.05, 0.1) is 11.4 Å². The summed E-state index contributed by atoms with van der Waals surface area (Å²) in [5.41, 5.74) is 2.45. The van der Waals surface area contributed by atoms with Gasteiger partial charge in [-0.05, 0) is 40.5 Å². The van der Waals surface area contributed by atoms with Gasteiger partial charge in [-0.3, -0.25) is 9.20 Å². The summed E-state index contributed by atoms with van der Waals surface area (Å²) in [7, 11) is 0. The van der Waals surface area contributed by atoms with Gasteiger partial charge in [0.1, 0.15) is 11.2 Å². The van der Waals surface area contributed by atoms with Crippen molar-refractivity contribution in [1.82, 2.24) is 9.38 Å². The van der Waals surface area contributed by atoms with Gasteiger partial charge in [-0.2, -0.15) is 0 Å². The molecule has 1 aliphatic heterocycles. The number of ether oxygens (including phenoxy) is 1. The molecule has 1 N–H and O–H groups in total. The zero-order chi connectivity index (χ0) is 15.4. The molecule has 3 rings (SSSR count). The fourth-order valence-electron chi connectivity index (χ4n) is 3.22. The molecule has 1 aliphatic rings. The predicted molar refractivity (Wildman–Crippen MR) is 80.8 cm³/mol. The second-order valence-electron chi connectivity index (χ2n) is 6.52. The van der Waals surface area contributed by atoms with E-state index in [1.165, 1.54) is 0 Å². The first kappa shape index (κ1) is 14.5. The van der Waals surface area contributed by atoms with Gasteiger partial charge in [0.2, 0.25) is 0 Å². The highest BCUT2D eigenvalue weighted by Gasteiger charge is 2.47. The lowest BCUT2D eigenvalue weighted by Crippen LogP contribution is -2.24. The number of aromatic nitrogens is 2. The summed E-state index contributed by atoms with van der Waals surface area (Å²) in [6, 6.07) is 0. The van der Waals surface area contributed by atoms with Gasteiger partial charge in [-0.25, -0.2) is 4.98 Å². The van der Waals surface area contributed by atoms with E-state index in [-0.39, 0.29) is 17.6 Å². The minimum atomic E-state index is -0.748. The maximum absolute atomic E-state index is 10.7. The van der Waals surface area contributed by atoms with Crippen LogP contribution in [0.4, 0.5) is 0 Å². The zero-order valence-electron chi connectivity index (χ0n) is 12.8. The Bertz CT molecular complexity index is 712. The summed E-state index contributed by atoms with van der Waals surface area (Å²) in [6.07, 6.45) is 1.57. The van der Waals surface area contributed by atoms with Crippen LogP contribution in [-0.2, 0) is 27.2 Å². The van der Waals surface area contributed by atoms with Crippen LogP contribution in [0.25, 0.3) is 4.96 Å². The van der Waals surface area contributed by atoms with Crippen LogP contribution in [0.1, 0.15) is 57.6 Å². The lowest BCUT2D eigenvalue weighted by atomic mass is 10.0. The van der Waals surface area contributed by atoms with E-state index in [9.17, 15) is 4.79 Å². The number of carboxylic acid groups (broad SMARTS) is 1. The minimum absolute atomic E-state index is 0.194. The van der Waals surface area contributed by atoms with Crippen molar-refractivity contribution in [2.24, 2.45) is 0 Å². The van der Waals surface area contributed by atoms with E-state index in [2.05, 4.69) is 23.6 Å². The monoisotopic (exact) mass is 308 g/mol. The highest BCUT2D eigenvalue weighted by Crippen LogP contribution is 2.47. The summed E-state index contributed by atoms with van der Waals surface area (Å²) >= 11 is 1.61. The van der Waals surface area contributed by atoms with Crippen LogP contribution in [0, 0.1) is 0 Å². The quantitative estimate of drug-likeness (QED) is 0.941. The number of hydrogen-bond donors (Lipinski definition) is 1. The van der Waals surface area contributed by atoms with Gasteiger partial charge in [0.15, 0.2) is 4.96 Å². The number of aliphatic carboxylic acids is 1. The number of carboxylic acids is 1. The molecule has 5 nitrogen and oxygen atoms in total. The SMILES string of the molecule is CC1(C)OC(C)(C)c2c1nc1scc(CCCC(=O)O)n21. The number of hydrogen-bond acceptors (Lipinski definition) is 4. The summed E-state index contributed by atoms with van der Waals surface area (Å²) in [4.78, 5) is 16.4. The molecule has 0 spiro atoms. The van der Waals surface area contributed by atoms with E-state index in [1.807, 2.05) is 13.8 Å². The lowest BCUT2D eigenvalue weighted by Gasteiger charge is -2.25. The van der Waals surface area contributed by atoms with Crippen molar-refractivity contribution in [2.75, 3.05) is 0 Å². The van der Waals surface area contributed by atoms with Crippen molar-refractivity contribution in [3.05, 3.63) is 22.5 Å². The fraction of sp³-hybridized carbons (Fsp3) is 0.600. The Labute approximate surface area is 127 Å². The predicted octanol–water partition coefficient (Wildman–Crippen LogP) is 3.30. The molecule has 2 aromatic heterocycles. The second-order valence-corrected chi connectivity index (χ2v) is 7.36. The first-order chi connectivity index (χ1) is 9.72. The first-order valence-corrected chi connectivity index (χ1v) is 8.02. The summed E-state index contributed by atoms with van der Waals surface area (Å²) < 4.78 is 8.31. The van der Waals surface area contributed by atoms with Crippen molar-refractivity contribution in [1.29, 1.82) is 0 Å². The third-order valence-electron chi connectivity index (χ3n) is 3.91. The Balaban J connectivity index is 2.04. The largest absolute Gasteiger partial charge is 0.481 e. The number of rotatable bonds is 4. The molecule has 0 atom stereocenters. The van der Waals surface area contributed by atoms with Crippen molar-refractivity contribution < 1.29 is 14.6 Å². The Morgan fingerprint density at radius 3 is 2.76 bits per heavy atom. The van der Waals surface area contributed by atoms with Gasteiger partial charge in [0, 0.05) is 17.5 Å². The molecule has 0 unspecified atom stereocenters. The maximum Gasteiger partial charge on any atom is 0.303 e. The molecule has 21 heavy (non-hydrogen) atoms. The average molecular weight is 308 g/mol. The summed E-state index contributed by atoms with van der Waals surface area (Å²) in [6.45, 7) is 8.21. The molecule has 0 radical (unpaired) electrons. The second kappa shape index (κ2) is 4.55. The fourth-order valence-corrected chi connectivity index (χ4v) is 4.14. The maximum atomic E-state index is 10.7. The molecule has 0 saturated heterocycles. The summed E-state index contributed by atoms with van der Waals surface area (Å²) in [5.74, 6) is -0.748. The molecule has 0 amide bonds. The number of nitrogens with zero attached hydrogens (tertiary/aromatic N) is 2. The number of aryl methyl sites for hydroxylation is 1. The minimum Gasteiger partial charge on any atom is -0.481 e. The van der Waals surface area contributed by atoms with E-state index in [4.69, 9.17) is 14.8 Å². The van der Waals surface area contributed by atoms with Gasteiger partial charge in [-0.15, -0.1) is 11.3 Å².